The Kier molecular flexibility index (Phi) is 4.08. The zero-order chi connectivity index (χ0) is 14.8. The van der Waals surface area contributed by atoms with Crippen LogP contribution in [0.25, 0.3) is 0 Å². The molecule has 2 aromatic rings. The first-order chi connectivity index (χ1) is 10.2. The number of hydrogen-bond acceptors (Lipinski definition) is 3. The minimum atomic E-state index is -0.360. The highest BCUT2D eigenvalue weighted by atomic mass is 16.3. The molecule has 21 heavy (non-hydrogen) atoms. The van der Waals surface area contributed by atoms with Crippen LogP contribution in [0, 0.1) is 6.92 Å². The molecule has 1 heterocycles. The van der Waals surface area contributed by atoms with Crippen LogP contribution >= 0.6 is 0 Å². The van der Waals surface area contributed by atoms with E-state index in [9.17, 15) is 5.11 Å². The minimum absolute atomic E-state index is 0.200. The summed E-state index contributed by atoms with van der Waals surface area (Å²) < 4.78 is 2.17. The normalized spacial score (nSPS) is 21.0. The number of aryl methyl sites for hydroxylation is 2. The van der Waals surface area contributed by atoms with Crippen LogP contribution in [0.2, 0.25) is 0 Å². The molecule has 0 radical (unpaired) electrons. The predicted molar refractivity (Wildman–Crippen MR) is 83.1 cm³/mol. The second kappa shape index (κ2) is 6.00. The van der Waals surface area contributed by atoms with Gasteiger partial charge in [0.25, 0.3) is 0 Å². The van der Waals surface area contributed by atoms with Gasteiger partial charge in [-0.15, -0.1) is 0 Å². The molecule has 0 saturated carbocycles. The van der Waals surface area contributed by atoms with E-state index in [0.717, 1.165) is 37.3 Å². The van der Waals surface area contributed by atoms with Crippen LogP contribution in [0.3, 0.4) is 0 Å². The van der Waals surface area contributed by atoms with Crippen molar-refractivity contribution in [3.63, 3.8) is 0 Å². The number of benzene rings is 1. The van der Waals surface area contributed by atoms with Gasteiger partial charge in [-0.1, -0.05) is 24.3 Å². The Morgan fingerprint density at radius 1 is 1.38 bits per heavy atom. The number of aromatic nitrogens is 2. The molecule has 1 aliphatic rings. The second-order valence-electron chi connectivity index (χ2n) is 5.92. The molecule has 1 N–H and O–H groups in total. The Bertz CT molecular complexity index is 608. The molecule has 2 atom stereocenters. The lowest BCUT2D eigenvalue weighted by atomic mass is 10.1. The van der Waals surface area contributed by atoms with E-state index in [-0.39, 0.29) is 12.1 Å². The van der Waals surface area contributed by atoms with Crippen molar-refractivity contribution in [2.45, 2.75) is 38.5 Å². The van der Waals surface area contributed by atoms with Crippen LogP contribution in [0.5, 0.6) is 0 Å². The van der Waals surface area contributed by atoms with Gasteiger partial charge in [-0.3, -0.25) is 0 Å². The van der Waals surface area contributed by atoms with Crippen LogP contribution in [0.15, 0.2) is 36.7 Å². The Labute approximate surface area is 126 Å². The van der Waals surface area contributed by atoms with Gasteiger partial charge in [0, 0.05) is 25.0 Å². The molecule has 112 valence electrons. The number of aliphatic hydroxyl groups is 1. The first-order valence-corrected chi connectivity index (χ1v) is 7.60. The van der Waals surface area contributed by atoms with E-state index in [4.69, 9.17) is 0 Å². The minimum Gasteiger partial charge on any atom is -0.387 e. The van der Waals surface area contributed by atoms with Crippen LogP contribution in [-0.4, -0.2) is 39.2 Å². The quantitative estimate of drug-likeness (QED) is 0.915. The van der Waals surface area contributed by atoms with Crippen molar-refractivity contribution in [2.24, 2.45) is 0 Å². The predicted octanol–water partition coefficient (Wildman–Crippen LogP) is 2.17. The molecule has 0 aliphatic heterocycles. The van der Waals surface area contributed by atoms with E-state index >= 15 is 0 Å². The third-order valence-corrected chi connectivity index (χ3v) is 4.57. The monoisotopic (exact) mass is 285 g/mol. The van der Waals surface area contributed by atoms with Gasteiger partial charge in [0.1, 0.15) is 5.82 Å². The summed E-state index contributed by atoms with van der Waals surface area (Å²) in [5, 5.41) is 10.5. The van der Waals surface area contributed by atoms with Gasteiger partial charge in [-0.25, -0.2) is 4.98 Å². The zero-order valence-corrected chi connectivity index (χ0v) is 12.7. The van der Waals surface area contributed by atoms with Crippen LogP contribution in [-0.2, 0) is 13.0 Å². The lowest BCUT2D eigenvalue weighted by Gasteiger charge is -2.27. The van der Waals surface area contributed by atoms with Crippen molar-refractivity contribution < 1.29 is 5.11 Å². The zero-order valence-electron chi connectivity index (χ0n) is 12.7. The van der Waals surface area contributed by atoms with E-state index in [2.05, 4.69) is 33.6 Å². The molecule has 4 heteroatoms. The van der Waals surface area contributed by atoms with Gasteiger partial charge in [-0.2, -0.15) is 0 Å². The van der Waals surface area contributed by atoms with E-state index in [1.165, 1.54) is 5.56 Å². The molecular weight excluding hydrogens is 262 g/mol. The smallest absolute Gasteiger partial charge is 0.105 e. The molecule has 0 fully saturated rings. The van der Waals surface area contributed by atoms with E-state index in [1.54, 1.807) is 0 Å². The summed E-state index contributed by atoms with van der Waals surface area (Å²) in [4.78, 5) is 6.53. The van der Waals surface area contributed by atoms with Gasteiger partial charge in [0.05, 0.1) is 6.10 Å². The molecule has 1 aromatic heterocycles. The molecule has 0 bridgehead atoms. The third-order valence-electron chi connectivity index (χ3n) is 4.57. The number of nitrogens with zero attached hydrogens (tertiary/aromatic N) is 3. The SMILES string of the molecule is Cc1nccn1CCCN(C)C1Cc2ccccc2C1O. The molecule has 1 aromatic carbocycles. The summed E-state index contributed by atoms with van der Waals surface area (Å²) in [6.07, 6.45) is 5.51. The fourth-order valence-corrected chi connectivity index (χ4v) is 3.25. The first-order valence-electron chi connectivity index (χ1n) is 7.60. The average molecular weight is 285 g/mol. The Hall–Kier alpha value is -1.65. The number of aliphatic hydroxyl groups excluding tert-OH is 1. The van der Waals surface area contributed by atoms with E-state index in [1.807, 2.05) is 31.5 Å². The van der Waals surface area contributed by atoms with Crippen molar-refractivity contribution in [1.82, 2.24) is 14.5 Å². The van der Waals surface area contributed by atoms with Crippen molar-refractivity contribution in [3.05, 3.63) is 53.6 Å². The van der Waals surface area contributed by atoms with Gasteiger partial charge < -0.3 is 14.6 Å². The number of likely N-dealkylation sites (N-methyl/N-ethyl adjacent to an activating group) is 1. The lowest BCUT2D eigenvalue weighted by molar-refractivity contribution is 0.0748. The van der Waals surface area contributed by atoms with Crippen molar-refractivity contribution >= 4 is 0 Å². The van der Waals surface area contributed by atoms with Gasteiger partial charge in [0.2, 0.25) is 0 Å². The maximum atomic E-state index is 10.5. The average Bonchev–Trinajstić information content (AvgIpc) is 3.04. The fraction of sp³-hybridized carbons (Fsp3) is 0.471. The molecule has 1 aliphatic carbocycles. The van der Waals surface area contributed by atoms with Crippen LogP contribution in [0.4, 0.5) is 0 Å². The van der Waals surface area contributed by atoms with Crippen molar-refractivity contribution in [1.29, 1.82) is 0 Å². The highest BCUT2D eigenvalue weighted by Gasteiger charge is 2.32. The summed E-state index contributed by atoms with van der Waals surface area (Å²) in [6.45, 7) is 3.99. The number of rotatable bonds is 5. The largest absolute Gasteiger partial charge is 0.387 e. The third kappa shape index (κ3) is 2.87. The van der Waals surface area contributed by atoms with Gasteiger partial charge >= 0.3 is 0 Å². The number of fused-ring (bicyclic) bond motifs is 1. The summed E-state index contributed by atoms with van der Waals surface area (Å²) in [6, 6.07) is 8.43. The topological polar surface area (TPSA) is 41.3 Å². The Morgan fingerprint density at radius 2 is 2.19 bits per heavy atom. The van der Waals surface area contributed by atoms with Crippen LogP contribution in [0.1, 0.15) is 29.5 Å². The molecular formula is C17H23N3O. The molecule has 0 saturated heterocycles. The number of hydrogen-bond donors (Lipinski definition) is 1. The first kappa shape index (κ1) is 14.3. The van der Waals surface area contributed by atoms with Gasteiger partial charge in [-0.05, 0) is 44.5 Å². The highest BCUT2D eigenvalue weighted by molar-refractivity contribution is 5.35. The summed E-state index contributed by atoms with van der Waals surface area (Å²) in [7, 11) is 2.11. The van der Waals surface area contributed by atoms with Gasteiger partial charge in [0.15, 0.2) is 0 Å². The summed E-state index contributed by atoms with van der Waals surface area (Å²) >= 11 is 0. The molecule has 2 unspecified atom stereocenters. The summed E-state index contributed by atoms with van der Waals surface area (Å²) in [5.74, 6) is 1.06. The molecule has 3 rings (SSSR count). The standard InChI is InChI=1S/C17H23N3O/c1-13-18-8-11-20(13)10-5-9-19(2)16-12-14-6-3-4-7-15(14)17(16)21/h3-4,6-8,11,16-17,21H,5,9-10,12H2,1-2H3. The highest BCUT2D eigenvalue weighted by Crippen LogP contribution is 2.33. The summed E-state index contributed by atoms with van der Waals surface area (Å²) in [5.41, 5.74) is 2.38. The molecule has 0 amide bonds. The Morgan fingerprint density at radius 3 is 2.90 bits per heavy atom. The van der Waals surface area contributed by atoms with E-state index in [0.29, 0.717) is 0 Å². The fourth-order valence-electron chi connectivity index (χ4n) is 3.25. The lowest BCUT2D eigenvalue weighted by Crippen LogP contribution is -2.36. The van der Waals surface area contributed by atoms with Crippen molar-refractivity contribution in [3.8, 4) is 0 Å². The Balaban J connectivity index is 1.55. The maximum absolute atomic E-state index is 10.5. The van der Waals surface area contributed by atoms with Crippen molar-refractivity contribution in [2.75, 3.05) is 13.6 Å². The molecule has 4 nitrogen and oxygen atoms in total. The van der Waals surface area contributed by atoms with E-state index < -0.39 is 0 Å². The number of imidazole rings is 1. The maximum Gasteiger partial charge on any atom is 0.105 e. The van der Waals surface area contributed by atoms with Crippen LogP contribution < -0.4 is 0 Å². The second-order valence-corrected chi connectivity index (χ2v) is 5.92. The molecule has 0 spiro atoms.